The average Bonchev–Trinajstić information content (AvgIpc) is 3.26. The maximum atomic E-state index is 12.5. The minimum atomic E-state index is -0.566. The third-order valence-electron chi connectivity index (χ3n) is 4.34. The second-order valence-corrected chi connectivity index (χ2v) is 6.71. The summed E-state index contributed by atoms with van der Waals surface area (Å²) < 4.78 is 2.96. The van der Waals surface area contributed by atoms with Gasteiger partial charge in [-0.15, -0.1) is 12.4 Å². The Morgan fingerprint density at radius 2 is 1.77 bits per heavy atom. The van der Waals surface area contributed by atoms with Gasteiger partial charge in [-0.1, -0.05) is 0 Å². The van der Waals surface area contributed by atoms with Crippen molar-refractivity contribution >= 4 is 41.6 Å². The normalized spacial score (nSPS) is 11.8. The highest BCUT2D eigenvalue weighted by Gasteiger charge is 2.19. The molecule has 0 fully saturated rings. The van der Waals surface area contributed by atoms with E-state index in [-0.39, 0.29) is 35.7 Å². The van der Waals surface area contributed by atoms with Gasteiger partial charge in [-0.3, -0.25) is 24.7 Å². The molecule has 4 N–H and O–H groups in total. The van der Waals surface area contributed by atoms with E-state index in [1.165, 1.54) is 22.9 Å². The van der Waals surface area contributed by atoms with Crippen LogP contribution in [0.25, 0.3) is 0 Å². The fraction of sp³-hybridized carbons (Fsp3) is 0.389. The van der Waals surface area contributed by atoms with E-state index in [0.717, 1.165) is 0 Å². The van der Waals surface area contributed by atoms with E-state index in [1.807, 2.05) is 6.92 Å². The molecule has 0 bridgehead atoms. The number of anilines is 1. The number of carbonyl (C=O) groups is 2. The summed E-state index contributed by atoms with van der Waals surface area (Å²) in [5.74, 6) is -0.207. The van der Waals surface area contributed by atoms with Crippen molar-refractivity contribution in [3.05, 3.63) is 46.0 Å². The molecule has 1 atom stereocenters. The van der Waals surface area contributed by atoms with Crippen molar-refractivity contribution in [2.75, 3.05) is 26.0 Å². The van der Waals surface area contributed by atoms with E-state index in [2.05, 4.69) is 26.3 Å². The van der Waals surface area contributed by atoms with Crippen molar-refractivity contribution in [3.63, 3.8) is 0 Å². The van der Waals surface area contributed by atoms with Crippen molar-refractivity contribution in [3.8, 4) is 0 Å². The quantitative estimate of drug-likeness (QED) is 0.211. The Labute approximate surface area is 185 Å². The summed E-state index contributed by atoms with van der Waals surface area (Å²) >= 11 is 0. The van der Waals surface area contributed by atoms with Crippen LogP contribution in [0.1, 0.15) is 27.9 Å². The summed E-state index contributed by atoms with van der Waals surface area (Å²) in [5.41, 5.74) is 0.717. The van der Waals surface area contributed by atoms with Crippen molar-refractivity contribution in [2.45, 2.75) is 13.0 Å². The summed E-state index contributed by atoms with van der Waals surface area (Å²) in [6, 6.07) is 2.67. The summed E-state index contributed by atoms with van der Waals surface area (Å²) in [6.07, 6.45) is 2.85. The van der Waals surface area contributed by atoms with Gasteiger partial charge in [0, 0.05) is 53.0 Å². The monoisotopic (exact) mass is 454 g/mol. The van der Waals surface area contributed by atoms with Crippen LogP contribution in [0.4, 0.5) is 11.4 Å². The Morgan fingerprint density at radius 3 is 2.32 bits per heavy atom. The molecule has 0 spiro atoms. The summed E-state index contributed by atoms with van der Waals surface area (Å²) in [5, 5.41) is 22.4. The number of aromatic nitrogens is 2. The lowest BCUT2D eigenvalue weighted by Crippen LogP contribution is -2.46. The number of carbonyl (C=O) groups excluding carboxylic acids is 2. The van der Waals surface area contributed by atoms with E-state index in [0.29, 0.717) is 23.9 Å². The van der Waals surface area contributed by atoms with Crippen molar-refractivity contribution in [1.82, 2.24) is 25.1 Å². The first-order valence-corrected chi connectivity index (χ1v) is 9.14. The zero-order valence-corrected chi connectivity index (χ0v) is 18.7. The van der Waals surface area contributed by atoms with Crippen LogP contribution >= 0.6 is 12.4 Å². The molecule has 0 saturated heterocycles. The Kier molecular flexibility index (Phi) is 9.06. The van der Waals surface area contributed by atoms with Crippen LogP contribution in [0, 0.1) is 10.1 Å². The lowest BCUT2D eigenvalue weighted by molar-refractivity contribution is -0.384. The van der Waals surface area contributed by atoms with E-state index in [4.69, 9.17) is 0 Å². The molecule has 13 heteroatoms. The van der Waals surface area contributed by atoms with Crippen LogP contribution in [-0.2, 0) is 14.1 Å². The lowest BCUT2D eigenvalue weighted by Gasteiger charge is -2.17. The molecular formula is C18H27ClN8O4. The number of amides is 2. The molecule has 170 valence electrons. The molecule has 2 amide bonds. The van der Waals surface area contributed by atoms with Crippen LogP contribution in [0.3, 0.4) is 0 Å². The van der Waals surface area contributed by atoms with Gasteiger partial charge in [0.25, 0.3) is 17.5 Å². The molecule has 2 rings (SSSR count). The number of nitrogens with zero attached hydrogens (tertiary/aromatic N) is 4. The minimum absolute atomic E-state index is 0. The van der Waals surface area contributed by atoms with Crippen LogP contribution in [-0.4, -0.2) is 58.5 Å². The first kappa shape index (κ1) is 25.5. The number of hydrogen-bond acceptors (Lipinski definition) is 5. The van der Waals surface area contributed by atoms with Crippen LogP contribution in [0.15, 0.2) is 29.5 Å². The molecule has 0 aliphatic heterocycles. The zero-order valence-electron chi connectivity index (χ0n) is 17.9. The summed E-state index contributed by atoms with van der Waals surface area (Å²) in [7, 11) is 6.62. The van der Waals surface area contributed by atoms with E-state index in [1.54, 1.807) is 39.0 Å². The highest BCUT2D eigenvalue weighted by Crippen LogP contribution is 2.18. The van der Waals surface area contributed by atoms with E-state index < -0.39 is 10.8 Å². The Morgan fingerprint density at radius 1 is 1.16 bits per heavy atom. The first-order valence-electron chi connectivity index (χ1n) is 9.14. The number of aryl methyl sites for hydroxylation is 2. The predicted octanol–water partition coefficient (Wildman–Crippen LogP) is 0.859. The maximum Gasteiger partial charge on any atom is 0.287 e. The number of guanidine groups is 1. The molecule has 2 aromatic rings. The number of nitrogens with one attached hydrogen (secondary N) is 4. The lowest BCUT2D eigenvalue weighted by atomic mass is 10.3. The minimum Gasteiger partial charge on any atom is -0.359 e. The zero-order chi connectivity index (χ0) is 22.4. The number of hydrogen-bond donors (Lipinski definition) is 4. The van der Waals surface area contributed by atoms with Gasteiger partial charge in [0.15, 0.2) is 5.96 Å². The molecule has 31 heavy (non-hydrogen) atoms. The molecule has 0 radical (unpaired) electrons. The second-order valence-electron chi connectivity index (χ2n) is 6.71. The Hall–Kier alpha value is -3.54. The van der Waals surface area contributed by atoms with Gasteiger partial charge in [0.05, 0.1) is 16.8 Å². The van der Waals surface area contributed by atoms with Crippen LogP contribution < -0.4 is 21.3 Å². The Balaban J connectivity index is 0.00000480. The number of nitro groups is 1. The van der Waals surface area contributed by atoms with Crippen LogP contribution in [0.5, 0.6) is 0 Å². The standard InChI is InChI=1S/C18H26N8O4.ClH/c1-11(22-18(19-2)20-3)8-21-16(27)14-6-12(9-24(14)4)23-17(28)15-7-13(26(29)30)10-25(15)5;/h6-7,9-11H,8H2,1-5H3,(H,21,27)(H,23,28)(H2,19,20,22);1H. The SMILES string of the molecule is CN=C(NC)NC(C)CNC(=O)c1cc(NC(=O)c2cc([N+](=O)[O-])cn2C)cn1C.Cl. The topological polar surface area (TPSA) is 148 Å². The molecule has 2 heterocycles. The average molecular weight is 455 g/mol. The number of aliphatic imine (C=N–C) groups is 1. The van der Waals surface area contributed by atoms with Gasteiger partial charge < -0.3 is 30.4 Å². The fourth-order valence-electron chi connectivity index (χ4n) is 2.80. The largest absolute Gasteiger partial charge is 0.359 e. The van der Waals surface area contributed by atoms with Gasteiger partial charge in [-0.2, -0.15) is 0 Å². The van der Waals surface area contributed by atoms with Crippen molar-refractivity contribution in [2.24, 2.45) is 19.1 Å². The second kappa shape index (κ2) is 11.0. The predicted molar refractivity (Wildman–Crippen MR) is 120 cm³/mol. The van der Waals surface area contributed by atoms with Gasteiger partial charge in [-0.25, -0.2) is 0 Å². The molecule has 0 saturated carbocycles. The number of rotatable bonds is 7. The first-order chi connectivity index (χ1) is 14.2. The molecule has 1 unspecified atom stereocenters. The smallest absolute Gasteiger partial charge is 0.287 e. The third-order valence-corrected chi connectivity index (χ3v) is 4.34. The van der Waals surface area contributed by atoms with E-state index >= 15 is 0 Å². The van der Waals surface area contributed by atoms with E-state index in [9.17, 15) is 19.7 Å². The summed E-state index contributed by atoms with van der Waals surface area (Å²) in [6.45, 7) is 2.26. The van der Waals surface area contributed by atoms with Gasteiger partial charge in [0.2, 0.25) is 0 Å². The van der Waals surface area contributed by atoms with Crippen molar-refractivity contribution in [1.29, 1.82) is 0 Å². The van der Waals surface area contributed by atoms with Gasteiger partial charge in [0.1, 0.15) is 11.4 Å². The van der Waals surface area contributed by atoms with Crippen LogP contribution in [0.2, 0.25) is 0 Å². The van der Waals surface area contributed by atoms with Gasteiger partial charge >= 0.3 is 0 Å². The highest BCUT2D eigenvalue weighted by molar-refractivity contribution is 6.04. The molecule has 0 aliphatic rings. The molecule has 0 aliphatic carbocycles. The Bertz CT molecular complexity index is 981. The molecule has 12 nitrogen and oxygen atoms in total. The fourth-order valence-corrected chi connectivity index (χ4v) is 2.80. The molecule has 2 aromatic heterocycles. The maximum absolute atomic E-state index is 12.5. The summed E-state index contributed by atoms with van der Waals surface area (Å²) in [4.78, 5) is 39.3. The third kappa shape index (κ3) is 6.47. The molecular weight excluding hydrogens is 428 g/mol. The van der Waals surface area contributed by atoms with Gasteiger partial charge in [-0.05, 0) is 13.0 Å². The van der Waals surface area contributed by atoms with Crippen molar-refractivity contribution < 1.29 is 14.5 Å². The molecule has 0 aromatic carbocycles. The highest BCUT2D eigenvalue weighted by atomic mass is 35.5. The number of halogens is 1.